The van der Waals surface area contributed by atoms with Gasteiger partial charge in [-0.15, -0.1) is 0 Å². The largest absolute Gasteiger partial charge is 0.598 e. The summed E-state index contributed by atoms with van der Waals surface area (Å²) in [6.45, 7) is 4.54. The molecule has 0 aliphatic heterocycles. The molecule has 196 valence electrons. The Balaban J connectivity index is 0. The number of benzene rings is 2. The van der Waals surface area contributed by atoms with Crippen molar-refractivity contribution in [3.05, 3.63) is 71.8 Å². The quantitative estimate of drug-likeness (QED) is 0.108. The molecule has 35 heavy (non-hydrogen) atoms. The van der Waals surface area contributed by atoms with Crippen LogP contribution >= 0.6 is 8.25 Å². The van der Waals surface area contributed by atoms with E-state index in [0.29, 0.717) is 0 Å². The number of rotatable bonds is 16. The molecule has 0 saturated carbocycles. The van der Waals surface area contributed by atoms with Crippen molar-refractivity contribution in [3.8, 4) is 0 Å². The Labute approximate surface area is 250 Å². The van der Waals surface area contributed by atoms with Crippen LogP contribution in [0, 0.1) is 53.0 Å². The molecular weight excluding hydrogens is 584 g/mol. The predicted octanol–water partition coefficient (Wildman–Crippen LogP) is 7.92. The van der Waals surface area contributed by atoms with E-state index in [4.69, 9.17) is 14.4 Å². The van der Waals surface area contributed by atoms with Crippen LogP contribution in [0.1, 0.15) is 115 Å². The summed E-state index contributed by atoms with van der Waals surface area (Å²) in [5, 5.41) is 0. The maximum atomic E-state index is 8.48. The van der Waals surface area contributed by atoms with Crippen LogP contribution in [0.25, 0.3) is 0 Å². The molecule has 2 aromatic rings. The monoisotopic (exact) mass is 627 g/mol. The summed E-state index contributed by atoms with van der Waals surface area (Å²) in [6, 6.07) is 22.9. The smallest absolute Gasteiger partial charge is 0.276 e. The van der Waals surface area contributed by atoms with Gasteiger partial charge < -0.3 is 9.79 Å². The molecule has 0 amide bonds. The second-order valence-corrected chi connectivity index (χ2v) is 9.23. The van der Waals surface area contributed by atoms with Gasteiger partial charge in [0.1, 0.15) is 0 Å². The van der Waals surface area contributed by atoms with E-state index in [0.717, 1.165) is 0 Å². The van der Waals surface area contributed by atoms with Crippen LogP contribution in [0.4, 0.5) is 0 Å². The number of unbranched alkanes of at least 4 members (excludes halogenated alkanes) is 12. The van der Waals surface area contributed by atoms with Crippen molar-refractivity contribution in [2.24, 2.45) is 0 Å². The number of aryl methyl sites for hydroxylation is 2. The van der Waals surface area contributed by atoms with Crippen molar-refractivity contribution < 1.29 is 55.2 Å². The van der Waals surface area contributed by atoms with Crippen LogP contribution < -0.4 is 9.79 Å². The summed E-state index contributed by atoms with van der Waals surface area (Å²) >= 11 is 0. The van der Waals surface area contributed by atoms with E-state index >= 15 is 0 Å². The maximum Gasteiger partial charge on any atom is 0.276 e. The third-order valence-corrected chi connectivity index (χ3v) is 5.71. The first kappa shape index (κ1) is 37.0. The zero-order valence-corrected chi connectivity index (χ0v) is 26.2. The summed E-state index contributed by atoms with van der Waals surface area (Å²) in [6.07, 6.45) is 22.0. The van der Waals surface area contributed by atoms with Gasteiger partial charge in [-0.25, -0.2) is 0 Å². The molecule has 0 aromatic heterocycles. The van der Waals surface area contributed by atoms with E-state index in [-0.39, 0.29) is 40.8 Å². The summed E-state index contributed by atoms with van der Waals surface area (Å²) < 4.78 is 8.48. The van der Waals surface area contributed by atoms with Crippen molar-refractivity contribution >= 4 is 8.25 Å². The molecule has 0 unspecified atom stereocenters. The molecule has 0 heterocycles. The zero-order chi connectivity index (χ0) is 25.1. The van der Waals surface area contributed by atoms with Gasteiger partial charge in [-0.05, 0) is 0 Å². The fourth-order valence-corrected chi connectivity index (χ4v) is 3.75. The molecule has 0 radical (unpaired) electrons. The van der Waals surface area contributed by atoms with Gasteiger partial charge in [0.25, 0.3) is 8.25 Å². The average molecular weight is 630 g/mol. The molecule has 0 saturated heterocycles. The van der Waals surface area contributed by atoms with Gasteiger partial charge >= 0.3 is 0 Å². The van der Waals surface area contributed by atoms with Gasteiger partial charge in [0.15, 0.2) is 0 Å². The Hall–Kier alpha value is -0.189. The van der Waals surface area contributed by atoms with Crippen molar-refractivity contribution in [2.75, 3.05) is 0 Å². The second kappa shape index (κ2) is 30.0. The van der Waals surface area contributed by atoms with Crippen LogP contribution in [0.5, 0.6) is 0 Å². The average Bonchev–Trinajstić information content (AvgIpc) is 2.84. The molecule has 0 spiro atoms. The maximum absolute atomic E-state index is 8.48. The summed E-state index contributed by atoms with van der Waals surface area (Å²) in [4.78, 5) is 17.0. The van der Waals surface area contributed by atoms with Crippen LogP contribution in [0.3, 0.4) is 0 Å². The van der Waals surface area contributed by atoms with Crippen LogP contribution in [-0.4, -0.2) is 0 Å². The predicted molar refractivity (Wildman–Crippen MR) is 142 cm³/mol. The molecule has 0 atom stereocenters. The molecular formula is C30H46NdO3P-3. The molecule has 0 aliphatic carbocycles. The molecule has 2 rings (SSSR count). The topological polar surface area (TPSA) is 63.2 Å². The fourth-order valence-electron chi connectivity index (χ4n) is 3.75. The van der Waals surface area contributed by atoms with E-state index in [9.17, 15) is 0 Å². The molecule has 2 aromatic carbocycles. The summed E-state index contributed by atoms with van der Waals surface area (Å²) in [7, 11) is -3.37. The van der Waals surface area contributed by atoms with Crippen molar-refractivity contribution in [1.29, 1.82) is 0 Å². The Morgan fingerprint density at radius 1 is 0.571 bits per heavy atom. The SMILES string of the molecule is CCCCCCCCCc1cc[c-]cc1.CCCCCCCCCc1cc[c-]cc1.O=[P+]([O-])[O-].[Nd]. The Morgan fingerprint density at radius 3 is 1.11 bits per heavy atom. The van der Waals surface area contributed by atoms with Gasteiger partial charge in [0, 0.05) is 40.8 Å². The van der Waals surface area contributed by atoms with Crippen LogP contribution in [0.2, 0.25) is 0 Å². The first-order valence-corrected chi connectivity index (χ1v) is 14.4. The van der Waals surface area contributed by atoms with Crippen molar-refractivity contribution in [3.63, 3.8) is 0 Å². The van der Waals surface area contributed by atoms with Gasteiger partial charge in [-0.1, -0.05) is 121 Å². The Bertz CT molecular complexity index is 610. The molecule has 5 heteroatoms. The minimum absolute atomic E-state index is 0. The molecule has 0 aliphatic rings. The number of hydrogen-bond acceptors (Lipinski definition) is 3. The third-order valence-electron chi connectivity index (χ3n) is 5.71. The molecule has 3 nitrogen and oxygen atoms in total. The fraction of sp³-hybridized carbons (Fsp3) is 0.600. The zero-order valence-electron chi connectivity index (χ0n) is 22.1. The summed E-state index contributed by atoms with van der Waals surface area (Å²) in [5.41, 5.74) is 2.92. The first-order valence-electron chi connectivity index (χ1n) is 13.3. The van der Waals surface area contributed by atoms with Gasteiger partial charge in [0.2, 0.25) is 0 Å². The molecule has 0 fully saturated rings. The van der Waals surface area contributed by atoms with E-state index in [1.807, 2.05) is 24.3 Å². The standard InChI is InChI=1S/2C15H23.Nd.HO3P/c2*1-2-3-4-5-6-7-9-12-15-13-10-8-11-14-15;;1-4(2)3/h2*10-11,13-14H,2-7,9,12H2,1H3;;(H,1,2,3)/q2*-1;;/p-1. The molecule has 0 bridgehead atoms. The van der Waals surface area contributed by atoms with Gasteiger partial charge in [-0.3, -0.25) is 0 Å². The Kier molecular flexibility index (Phi) is 31.7. The van der Waals surface area contributed by atoms with Crippen molar-refractivity contribution in [1.82, 2.24) is 0 Å². The van der Waals surface area contributed by atoms with Crippen LogP contribution in [0.15, 0.2) is 48.5 Å². The van der Waals surface area contributed by atoms with Gasteiger partial charge in [0.05, 0.1) is 0 Å². The first-order chi connectivity index (χ1) is 16.6. The van der Waals surface area contributed by atoms with E-state index in [1.165, 1.54) is 114 Å². The van der Waals surface area contributed by atoms with E-state index in [2.05, 4.69) is 50.2 Å². The normalized spacial score (nSPS) is 9.71. The third kappa shape index (κ3) is 29.9. The summed E-state index contributed by atoms with van der Waals surface area (Å²) in [5.74, 6) is 0. The number of hydrogen-bond donors (Lipinski definition) is 0. The van der Waals surface area contributed by atoms with Crippen LogP contribution in [-0.2, 0) is 17.4 Å². The minimum Gasteiger partial charge on any atom is -0.598 e. The Morgan fingerprint density at radius 2 is 0.829 bits per heavy atom. The minimum atomic E-state index is -3.37. The van der Waals surface area contributed by atoms with E-state index < -0.39 is 8.25 Å². The van der Waals surface area contributed by atoms with E-state index in [1.54, 1.807) is 0 Å². The van der Waals surface area contributed by atoms with Gasteiger partial charge in [-0.2, -0.15) is 71.8 Å². The molecule has 0 N–H and O–H groups in total. The van der Waals surface area contributed by atoms with Crippen molar-refractivity contribution in [2.45, 2.75) is 117 Å². The second-order valence-electron chi connectivity index (χ2n) is 8.78.